The van der Waals surface area contributed by atoms with Crippen LogP contribution in [0.5, 0.6) is 5.75 Å². The van der Waals surface area contributed by atoms with Gasteiger partial charge in [0.15, 0.2) is 0 Å². The first-order valence-corrected chi connectivity index (χ1v) is 7.37. The van der Waals surface area contributed by atoms with E-state index in [1.165, 1.54) is 0 Å². The van der Waals surface area contributed by atoms with E-state index in [1.54, 1.807) is 18.3 Å². The summed E-state index contributed by atoms with van der Waals surface area (Å²) in [7, 11) is 2.01. The van der Waals surface area contributed by atoms with E-state index in [2.05, 4.69) is 16.0 Å². The van der Waals surface area contributed by atoms with Gasteiger partial charge < -0.3 is 10.0 Å². The van der Waals surface area contributed by atoms with Crippen molar-refractivity contribution in [2.45, 2.75) is 13.5 Å². The molecular weight excluding hydrogens is 286 g/mol. The van der Waals surface area contributed by atoms with Crippen LogP contribution in [0, 0.1) is 18.3 Å². The molecular formula is C19H17N3O. The lowest BCUT2D eigenvalue weighted by molar-refractivity contribution is 0.471. The molecule has 2 aromatic carbocycles. The van der Waals surface area contributed by atoms with Crippen molar-refractivity contribution in [2.75, 3.05) is 11.9 Å². The average Bonchev–Trinajstić information content (AvgIpc) is 2.57. The van der Waals surface area contributed by atoms with E-state index in [-0.39, 0.29) is 0 Å². The zero-order valence-electron chi connectivity index (χ0n) is 13.1. The Kier molecular flexibility index (Phi) is 3.86. The minimum absolute atomic E-state index is 0.310. The van der Waals surface area contributed by atoms with Crippen LogP contribution < -0.4 is 4.90 Å². The van der Waals surface area contributed by atoms with Crippen LogP contribution in [-0.2, 0) is 6.54 Å². The SMILES string of the molecule is Cc1cc(CN(C)c2ccnc3ccc(C#N)cc23)ccc1O. The molecule has 0 fully saturated rings. The molecule has 3 rings (SSSR count). The molecule has 0 bridgehead atoms. The molecule has 0 unspecified atom stereocenters. The van der Waals surface area contributed by atoms with Gasteiger partial charge in [0, 0.05) is 30.9 Å². The molecule has 1 aromatic heterocycles. The number of pyridine rings is 1. The van der Waals surface area contributed by atoms with Gasteiger partial charge in [-0.3, -0.25) is 4.98 Å². The summed E-state index contributed by atoms with van der Waals surface area (Å²) in [5.74, 6) is 0.310. The first-order chi connectivity index (χ1) is 11.1. The molecule has 0 atom stereocenters. The number of hydrogen-bond acceptors (Lipinski definition) is 4. The molecule has 23 heavy (non-hydrogen) atoms. The fourth-order valence-corrected chi connectivity index (χ4v) is 2.71. The summed E-state index contributed by atoms with van der Waals surface area (Å²) in [6, 6.07) is 15.3. The van der Waals surface area contributed by atoms with Gasteiger partial charge in [0.2, 0.25) is 0 Å². The lowest BCUT2D eigenvalue weighted by atomic mass is 10.1. The summed E-state index contributed by atoms with van der Waals surface area (Å²) < 4.78 is 0. The molecule has 1 N–H and O–H groups in total. The van der Waals surface area contributed by atoms with Gasteiger partial charge in [0.25, 0.3) is 0 Å². The molecule has 0 radical (unpaired) electrons. The van der Waals surface area contributed by atoms with E-state index in [9.17, 15) is 5.11 Å². The summed E-state index contributed by atoms with van der Waals surface area (Å²) in [6.07, 6.45) is 1.78. The molecule has 1 heterocycles. The van der Waals surface area contributed by atoms with Crippen LogP contribution >= 0.6 is 0 Å². The molecule has 0 saturated carbocycles. The fourth-order valence-electron chi connectivity index (χ4n) is 2.71. The summed E-state index contributed by atoms with van der Waals surface area (Å²) in [4.78, 5) is 6.49. The Balaban J connectivity index is 1.98. The normalized spacial score (nSPS) is 10.5. The number of aromatic nitrogens is 1. The first-order valence-electron chi connectivity index (χ1n) is 7.37. The molecule has 0 aliphatic carbocycles. The Hall–Kier alpha value is -3.06. The highest BCUT2D eigenvalue weighted by Crippen LogP contribution is 2.27. The number of rotatable bonds is 3. The monoisotopic (exact) mass is 303 g/mol. The lowest BCUT2D eigenvalue weighted by Crippen LogP contribution is -2.16. The summed E-state index contributed by atoms with van der Waals surface area (Å²) in [5.41, 5.74) is 4.50. The highest BCUT2D eigenvalue weighted by molar-refractivity contribution is 5.92. The number of phenolic OH excluding ortho intramolecular Hbond substituents is 1. The number of benzene rings is 2. The molecule has 3 aromatic rings. The Morgan fingerprint density at radius 1 is 1.17 bits per heavy atom. The van der Waals surface area contributed by atoms with Crippen molar-refractivity contribution in [3.05, 3.63) is 65.4 Å². The third kappa shape index (κ3) is 2.95. The lowest BCUT2D eigenvalue weighted by Gasteiger charge is -2.21. The predicted molar refractivity (Wildman–Crippen MR) is 91.4 cm³/mol. The van der Waals surface area contributed by atoms with Crippen molar-refractivity contribution in [1.29, 1.82) is 5.26 Å². The second-order valence-corrected chi connectivity index (χ2v) is 5.65. The van der Waals surface area contributed by atoms with E-state index in [0.717, 1.165) is 27.7 Å². The second kappa shape index (κ2) is 5.98. The van der Waals surface area contributed by atoms with E-state index >= 15 is 0 Å². The van der Waals surface area contributed by atoms with Crippen molar-refractivity contribution in [2.24, 2.45) is 0 Å². The molecule has 0 amide bonds. The van der Waals surface area contributed by atoms with Crippen molar-refractivity contribution in [1.82, 2.24) is 4.98 Å². The minimum Gasteiger partial charge on any atom is -0.508 e. The maximum absolute atomic E-state index is 9.64. The number of fused-ring (bicyclic) bond motifs is 1. The number of aryl methyl sites for hydroxylation is 1. The summed E-state index contributed by atoms with van der Waals surface area (Å²) >= 11 is 0. The molecule has 0 aliphatic rings. The van der Waals surface area contributed by atoms with Crippen molar-refractivity contribution < 1.29 is 5.11 Å². The number of nitrogens with zero attached hydrogens (tertiary/aromatic N) is 3. The summed E-state index contributed by atoms with van der Waals surface area (Å²) in [5, 5.41) is 19.7. The number of hydrogen-bond donors (Lipinski definition) is 1. The fraction of sp³-hybridized carbons (Fsp3) is 0.158. The van der Waals surface area contributed by atoms with Crippen LogP contribution in [0.4, 0.5) is 5.69 Å². The van der Waals surface area contributed by atoms with E-state index in [4.69, 9.17) is 5.26 Å². The van der Waals surface area contributed by atoms with Crippen LogP contribution in [0.2, 0.25) is 0 Å². The van der Waals surface area contributed by atoms with Gasteiger partial charge >= 0.3 is 0 Å². The minimum atomic E-state index is 0.310. The molecule has 0 aliphatic heterocycles. The van der Waals surface area contributed by atoms with Gasteiger partial charge in [-0.25, -0.2) is 0 Å². The molecule has 0 saturated heterocycles. The molecule has 114 valence electrons. The van der Waals surface area contributed by atoms with Crippen molar-refractivity contribution in [3.8, 4) is 11.8 Å². The third-order valence-electron chi connectivity index (χ3n) is 3.94. The Labute approximate surface area is 135 Å². The predicted octanol–water partition coefficient (Wildman–Crippen LogP) is 3.76. The Morgan fingerprint density at radius 2 is 2.00 bits per heavy atom. The third-order valence-corrected chi connectivity index (χ3v) is 3.94. The van der Waals surface area contributed by atoms with Gasteiger partial charge in [-0.1, -0.05) is 12.1 Å². The topological polar surface area (TPSA) is 60.2 Å². The smallest absolute Gasteiger partial charge is 0.118 e. The van der Waals surface area contributed by atoms with Gasteiger partial charge in [0.1, 0.15) is 5.75 Å². The van der Waals surface area contributed by atoms with E-state index < -0.39 is 0 Å². The van der Waals surface area contributed by atoms with Gasteiger partial charge in [0.05, 0.1) is 17.1 Å². The second-order valence-electron chi connectivity index (χ2n) is 5.65. The highest BCUT2D eigenvalue weighted by atomic mass is 16.3. The standard InChI is InChI=1S/C19H17N3O/c1-13-9-15(4-6-19(13)23)12-22(2)18-7-8-21-17-5-3-14(11-20)10-16(17)18/h3-10,23H,12H2,1-2H3. The molecule has 4 heteroatoms. The van der Waals surface area contributed by atoms with Crippen LogP contribution in [0.3, 0.4) is 0 Å². The van der Waals surface area contributed by atoms with Crippen LogP contribution in [-0.4, -0.2) is 17.1 Å². The average molecular weight is 303 g/mol. The van der Waals surface area contributed by atoms with Crippen molar-refractivity contribution in [3.63, 3.8) is 0 Å². The molecule has 0 spiro atoms. The quantitative estimate of drug-likeness (QED) is 0.800. The zero-order chi connectivity index (χ0) is 16.4. The van der Waals surface area contributed by atoms with Crippen LogP contribution in [0.15, 0.2) is 48.7 Å². The Morgan fingerprint density at radius 3 is 2.74 bits per heavy atom. The largest absolute Gasteiger partial charge is 0.508 e. The first kappa shape index (κ1) is 14.9. The van der Waals surface area contributed by atoms with Crippen LogP contribution in [0.1, 0.15) is 16.7 Å². The van der Waals surface area contributed by atoms with Gasteiger partial charge in [-0.05, 0) is 48.4 Å². The zero-order valence-corrected chi connectivity index (χ0v) is 13.1. The highest BCUT2D eigenvalue weighted by Gasteiger charge is 2.09. The van der Waals surface area contributed by atoms with Gasteiger partial charge in [-0.15, -0.1) is 0 Å². The number of anilines is 1. The maximum Gasteiger partial charge on any atom is 0.118 e. The summed E-state index contributed by atoms with van der Waals surface area (Å²) in [6.45, 7) is 2.59. The molecule has 4 nitrogen and oxygen atoms in total. The van der Waals surface area contributed by atoms with Crippen LogP contribution in [0.25, 0.3) is 10.9 Å². The number of aromatic hydroxyl groups is 1. The van der Waals surface area contributed by atoms with Gasteiger partial charge in [-0.2, -0.15) is 5.26 Å². The number of phenols is 1. The number of nitriles is 1. The van der Waals surface area contributed by atoms with E-state index in [1.807, 2.05) is 44.3 Å². The van der Waals surface area contributed by atoms with Crippen molar-refractivity contribution >= 4 is 16.6 Å². The maximum atomic E-state index is 9.64. The Bertz CT molecular complexity index is 912. The van der Waals surface area contributed by atoms with E-state index in [0.29, 0.717) is 17.9 Å².